The van der Waals surface area contributed by atoms with Gasteiger partial charge in [-0.15, -0.1) is 10.2 Å². The zero-order chi connectivity index (χ0) is 13.7. The van der Waals surface area contributed by atoms with Crippen LogP contribution in [0.25, 0.3) is 0 Å². The first-order valence-electron chi connectivity index (χ1n) is 5.66. The minimum absolute atomic E-state index is 0.0346. The number of halogens is 1. The second-order valence-electron chi connectivity index (χ2n) is 3.87. The van der Waals surface area contributed by atoms with E-state index in [1.54, 1.807) is 12.1 Å². The Kier molecular flexibility index (Phi) is 4.40. The van der Waals surface area contributed by atoms with Crippen LogP contribution in [0, 0.1) is 5.82 Å². The predicted octanol–water partition coefficient (Wildman–Crippen LogP) is 2.15. The van der Waals surface area contributed by atoms with E-state index in [0.29, 0.717) is 18.1 Å². The number of hydrogen-bond donors (Lipinski definition) is 2. The van der Waals surface area contributed by atoms with E-state index in [-0.39, 0.29) is 12.2 Å². The molecule has 0 amide bonds. The summed E-state index contributed by atoms with van der Waals surface area (Å²) >= 11 is 1.36. The standard InChI is InChI=1S/C12H12FN3O2S/c13-9-3-1-8(2-4-9)7-10-15-16-12(19-10)14-6-5-11(17)18/h1-4H,5-7H2,(H,14,16)(H,17,18). The average molecular weight is 281 g/mol. The Labute approximate surface area is 113 Å². The molecule has 2 N–H and O–H groups in total. The zero-order valence-corrected chi connectivity index (χ0v) is 10.8. The van der Waals surface area contributed by atoms with Crippen molar-refractivity contribution >= 4 is 22.4 Å². The van der Waals surface area contributed by atoms with Gasteiger partial charge in [0, 0.05) is 13.0 Å². The molecule has 100 valence electrons. The fourth-order valence-electron chi connectivity index (χ4n) is 1.45. The number of aromatic nitrogens is 2. The third-order valence-corrected chi connectivity index (χ3v) is 3.23. The Morgan fingerprint density at radius 2 is 2.05 bits per heavy atom. The smallest absolute Gasteiger partial charge is 0.305 e. The number of anilines is 1. The molecule has 1 aromatic heterocycles. The molecule has 19 heavy (non-hydrogen) atoms. The number of rotatable bonds is 6. The van der Waals surface area contributed by atoms with Crippen LogP contribution in [0.1, 0.15) is 17.0 Å². The lowest BCUT2D eigenvalue weighted by molar-refractivity contribution is -0.136. The van der Waals surface area contributed by atoms with Gasteiger partial charge in [-0.25, -0.2) is 4.39 Å². The van der Waals surface area contributed by atoms with Gasteiger partial charge in [0.15, 0.2) is 0 Å². The van der Waals surface area contributed by atoms with Crippen molar-refractivity contribution in [3.8, 4) is 0 Å². The molecule has 0 saturated heterocycles. The molecule has 0 aliphatic rings. The van der Waals surface area contributed by atoms with E-state index in [4.69, 9.17) is 5.11 Å². The molecule has 0 radical (unpaired) electrons. The summed E-state index contributed by atoms with van der Waals surface area (Å²) in [7, 11) is 0. The van der Waals surface area contributed by atoms with Crippen molar-refractivity contribution in [2.75, 3.05) is 11.9 Å². The molecule has 0 spiro atoms. The van der Waals surface area contributed by atoms with Crippen LogP contribution < -0.4 is 5.32 Å². The molecule has 2 rings (SSSR count). The summed E-state index contributed by atoms with van der Waals surface area (Å²) in [5, 5.41) is 20.7. The molecule has 5 nitrogen and oxygen atoms in total. The number of nitrogens with zero attached hydrogens (tertiary/aromatic N) is 2. The molecule has 0 aliphatic heterocycles. The van der Waals surface area contributed by atoms with Crippen LogP contribution in [0.4, 0.5) is 9.52 Å². The van der Waals surface area contributed by atoms with Crippen molar-refractivity contribution < 1.29 is 14.3 Å². The molecule has 1 aromatic carbocycles. The first-order valence-corrected chi connectivity index (χ1v) is 6.47. The van der Waals surface area contributed by atoms with Gasteiger partial charge in [-0.2, -0.15) is 0 Å². The van der Waals surface area contributed by atoms with Gasteiger partial charge in [-0.3, -0.25) is 4.79 Å². The summed E-state index contributed by atoms with van der Waals surface area (Å²) in [6.45, 7) is 0.320. The molecule has 0 bridgehead atoms. The van der Waals surface area contributed by atoms with Crippen LogP contribution in [-0.2, 0) is 11.2 Å². The lowest BCUT2D eigenvalue weighted by Gasteiger charge is -1.97. The van der Waals surface area contributed by atoms with Crippen LogP contribution in [0.2, 0.25) is 0 Å². The number of carboxylic acid groups (broad SMARTS) is 1. The maximum Gasteiger partial charge on any atom is 0.305 e. The van der Waals surface area contributed by atoms with Crippen molar-refractivity contribution in [1.82, 2.24) is 10.2 Å². The number of hydrogen-bond acceptors (Lipinski definition) is 5. The third-order valence-electron chi connectivity index (χ3n) is 2.35. The molecule has 2 aromatic rings. The van der Waals surface area contributed by atoms with Gasteiger partial charge in [0.2, 0.25) is 5.13 Å². The first kappa shape index (κ1) is 13.4. The summed E-state index contributed by atoms with van der Waals surface area (Å²) in [6, 6.07) is 6.22. The molecular formula is C12H12FN3O2S. The topological polar surface area (TPSA) is 75.1 Å². The van der Waals surface area contributed by atoms with Crippen molar-refractivity contribution in [3.05, 3.63) is 40.7 Å². The number of nitrogens with one attached hydrogen (secondary N) is 1. The Hall–Kier alpha value is -2.02. The molecule has 0 saturated carbocycles. The van der Waals surface area contributed by atoms with E-state index < -0.39 is 5.97 Å². The van der Waals surface area contributed by atoms with Crippen LogP contribution in [-0.4, -0.2) is 27.8 Å². The first-order chi connectivity index (χ1) is 9.13. The van der Waals surface area contributed by atoms with Gasteiger partial charge in [0.1, 0.15) is 10.8 Å². The van der Waals surface area contributed by atoms with Crippen molar-refractivity contribution in [3.63, 3.8) is 0 Å². The highest BCUT2D eigenvalue weighted by molar-refractivity contribution is 7.15. The zero-order valence-electron chi connectivity index (χ0n) is 9.97. The lowest BCUT2D eigenvalue weighted by atomic mass is 10.2. The Balaban J connectivity index is 1.90. The second kappa shape index (κ2) is 6.24. The molecule has 0 fully saturated rings. The normalized spacial score (nSPS) is 10.4. The van der Waals surface area contributed by atoms with Gasteiger partial charge in [0.25, 0.3) is 0 Å². The van der Waals surface area contributed by atoms with Gasteiger partial charge < -0.3 is 10.4 Å². The van der Waals surface area contributed by atoms with Crippen molar-refractivity contribution in [2.24, 2.45) is 0 Å². The van der Waals surface area contributed by atoms with Crippen LogP contribution in [0.15, 0.2) is 24.3 Å². The fourth-order valence-corrected chi connectivity index (χ4v) is 2.25. The van der Waals surface area contributed by atoms with Crippen molar-refractivity contribution in [1.29, 1.82) is 0 Å². The minimum atomic E-state index is -0.858. The quantitative estimate of drug-likeness (QED) is 0.848. The van der Waals surface area contributed by atoms with Gasteiger partial charge in [0.05, 0.1) is 6.42 Å². The van der Waals surface area contributed by atoms with E-state index >= 15 is 0 Å². The number of carboxylic acids is 1. The summed E-state index contributed by atoms with van der Waals surface area (Å²) in [5.74, 6) is -1.12. The monoisotopic (exact) mass is 281 g/mol. The largest absolute Gasteiger partial charge is 0.481 e. The van der Waals surface area contributed by atoms with Crippen molar-refractivity contribution in [2.45, 2.75) is 12.8 Å². The maximum absolute atomic E-state index is 12.8. The van der Waals surface area contributed by atoms with Crippen LogP contribution in [0.3, 0.4) is 0 Å². The van der Waals surface area contributed by atoms with Crippen LogP contribution in [0.5, 0.6) is 0 Å². The average Bonchev–Trinajstić information content (AvgIpc) is 2.79. The van der Waals surface area contributed by atoms with Gasteiger partial charge >= 0.3 is 5.97 Å². The van der Waals surface area contributed by atoms with E-state index in [1.165, 1.54) is 23.5 Å². The molecular weight excluding hydrogens is 269 g/mol. The number of carbonyl (C=O) groups is 1. The lowest BCUT2D eigenvalue weighted by Crippen LogP contribution is -2.07. The molecule has 7 heteroatoms. The SMILES string of the molecule is O=C(O)CCNc1nnc(Cc2ccc(F)cc2)s1. The molecule has 1 heterocycles. The molecule has 0 unspecified atom stereocenters. The third kappa shape index (κ3) is 4.29. The second-order valence-corrected chi connectivity index (χ2v) is 4.94. The van der Waals surface area contributed by atoms with E-state index in [0.717, 1.165) is 10.6 Å². The summed E-state index contributed by atoms with van der Waals surface area (Å²) in [5.41, 5.74) is 0.953. The number of benzene rings is 1. The number of aliphatic carboxylic acids is 1. The highest BCUT2D eigenvalue weighted by Crippen LogP contribution is 2.18. The van der Waals surface area contributed by atoms with Gasteiger partial charge in [-0.1, -0.05) is 23.5 Å². The van der Waals surface area contributed by atoms with Gasteiger partial charge in [-0.05, 0) is 17.7 Å². The highest BCUT2D eigenvalue weighted by atomic mass is 32.1. The Morgan fingerprint density at radius 3 is 2.74 bits per heavy atom. The molecule has 0 aliphatic carbocycles. The van der Waals surface area contributed by atoms with Crippen LogP contribution >= 0.6 is 11.3 Å². The Bertz CT molecular complexity index is 556. The fraction of sp³-hybridized carbons (Fsp3) is 0.250. The van der Waals surface area contributed by atoms with E-state index in [1.807, 2.05) is 0 Å². The predicted molar refractivity (Wildman–Crippen MR) is 69.9 cm³/mol. The minimum Gasteiger partial charge on any atom is -0.481 e. The molecule has 0 atom stereocenters. The van der Waals surface area contributed by atoms with E-state index in [2.05, 4.69) is 15.5 Å². The summed E-state index contributed by atoms with van der Waals surface area (Å²) in [6.07, 6.45) is 0.617. The maximum atomic E-state index is 12.8. The Morgan fingerprint density at radius 1 is 1.32 bits per heavy atom. The highest BCUT2D eigenvalue weighted by Gasteiger charge is 2.05. The van der Waals surface area contributed by atoms with E-state index in [9.17, 15) is 9.18 Å². The summed E-state index contributed by atoms with van der Waals surface area (Å²) < 4.78 is 12.8. The summed E-state index contributed by atoms with van der Waals surface area (Å²) in [4.78, 5) is 10.4.